The number of rotatable bonds is 4. The largest absolute Gasteiger partial charge is 0.307 e. The molecule has 2 heterocycles. The molecule has 0 radical (unpaired) electrons. The molecule has 0 aliphatic rings. The second-order valence-corrected chi connectivity index (χ2v) is 7.29. The number of nitrogens with zero attached hydrogens (tertiary/aromatic N) is 3. The van der Waals surface area contributed by atoms with Gasteiger partial charge in [-0.25, -0.2) is 9.67 Å². The molecule has 5 nitrogen and oxygen atoms in total. The average Bonchev–Trinajstić information content (AvgIpc) is 3.25. The average molecular weight is 413 g/mol. The standard InChI is InChI=1S/C18H13BrN4OS/c19-14-4-1-12(2-5-14)10-23-17(7-8-21-23)22-18(24)13-3-6-15-16(9-13)25-11-20-15/h1-9,11H,10H2,(H,22,24). The van der Waals surface area contributed by atoms with Gasteiger partial charge in [0.2, 0.25) is 0 Å². The minimum atomic E-state index is -0.159. The van der Waals surface area contributed by atoms with E-state index in [1.54, 1.807) is 28.5 Å². The van der Waals surface area contributed by atoms with Crippen molar-refractivity contribution < 1.29 is 4.79 Å². The van der Waals surface area contributed by atoms with Crippen LogP contribution >= 0.6 is 27.3 Å². The van der Waals surface area contributed by atoms with Crippen molar-refractivity contribution in [1.82, 2.24) is 14.8 Å². The van der Waals surface area contributed by atoms with Crippen LogP contribution in [0, 0.1) is 0 Å². The summed E-state index contributed by atoms with van der Waals surface area (Å²) in [7, 11) is 0. The van der Waals surface area contributed by atoms with Crippen LogP contribution in [-0.4, -0.2) is 20.7 Å². The Morgan fingerprint density at radius 3 is 2.84 bits per heavy atom. The number of hydrogen-bond acceptors (Lipinski definition) is 4. The molecule has 0 aliphatic carbocycles. The van der Waals surface area contributed by atoms with Crippen LogP contribution in [0.2, 0.25) is 0 Å². The molecule has 0 spiro atoms. The van der Waals surface area contributed by atoms with Crippen molar-refractivity contribution in [3.05, 3.63) is 75.8 Å². The number of halogens is 1. The number of fused-ring (bicyclic) bond motifs is 1. The van der Waals surface area contributed by atoms with Crippen LogP contribution in [-0.2, 0) is 6.54 Å². The van der Waals surface area contributed by atoms with Gasteiger partial charge in [-0.2, -0.15) is 5.10 Å². The second-order valence-electron chi connectivity index (χ2n) is 5.49. The fraction of sp³-hybridized carbons (Fsp3) is 0.0556. The smallest absolute Gasteiger partial charge is 0.256 e. The first kappa shape index (κ1) is 16.0. The zero-order valence-corrected chi connectivity index (χ0v) is 15.4. The van der Waals surface area contributed by atoms with Crippen LogP contribution < -0.4 is 5.32 Å². The molecule has 4 aromatic rings. The Labute approximate surface area is 156 Å². The van der Waals surface area contributed by atoms with E-state index in [0.29, 0.717) is 17.9 Å². The third-order valence-electron chi connectivity index (χ3n) is 3.80. The summed E-state index contributed by atoms with van der Waals surface area (Å²) in [5.74, 6) is 0.505. The van der Waals surface area contributed by atoms with Crippen molar-refractivity contribution in [3.63, 3.8) is 0 Å². The lowest BCUT2D eigenvalue weighted by atomic mass is 10.2. The molecule has 0 saturated heterocycles. The molecule has 124 valence electrons. The molecule has 0 unspecified atom stereocenters. The number of thiazole rings is 1. The summed E-state index contributed by atoms with van der Waals surface area (Å²) in [5, 5.41) is 7.24. The molecular formula is C18H13BrN4OS. The van der Waals surface area contributed by atoms with Gasteiger partial charge in [-0.3, -0.25) is 4.79 Å². The molecule has 0 saturated carbocycles. The number of amides is 1. The maximum Gasteiger partial charge on any atom is 0.256 e. The maximum absolute atomic E-state index is 12.6. The van der Waals surface area contributed by atoms with Crippen molar-refractivity contribution in [2.24, 2.45) is 0 Å². The molecular weight excluding hydrogens is 400 g/mol. The van der Waals surface area contributed by atoms with Gasteiger partial charge in [-0.1, -0.05) is 28.1 Å². The Balaban J connectivity index is 1.53. The van der Waals surface area contributed by atoms with Gasteiger partial charge in [0.15, 0.2) is 0 Å². The number of nitrogens with one attached hydrogen (secondary N) is 1. The fourth-order valence-electron chi connectivity index (χ4n) is 2.51. The van der Waals surface area contributed by atoms with Crippen molar-refractivity contribution in [2.45, 2.75) is 6.54 Å². The lowest BCUT2D eigenvalue weighted by Gasteiger charge is -2.09. The Kier molecular flexibility index (Phi) is 4.33. The van der Waals surface area contributed by atoms with Crippen LogP contribution in [0.3, 0.4) is 0 Å². The van der Waals surface area contributed by atoms with Crippen LogP contribution in [0.4, 0.5) is 5.82 Å². The van der Waals surface area contributed by atoms with Gasteiger partial charge in [0, 0.05) is 16.1 Å². The van der Waals surface area contributed by atoms with Crippen molar-refractivity contribution >= 4 is 49.2 Å². The minimum absolute atomic E-state index is 0.159. The minimum Gasteiger partial charge on any atom is -0.307 e. The normalized spacial score (nSPS) is 10.9. The van der Waals surface area contributed by atoms with Crippen molar-refractivity contribution in [3.8, 4) is 0 Å². The quantitative estimate of drug-likeness (QED) is 0.534. The van der Waals surface area contributed by atoms with Crippen molar-refractivity contribution in [2.75, 3.05) is 5.32 Å². The van der Waals surface area contributed by atoms with E-state index in [1.165, 1.54) is 11.3 Å². The zero-order chi connectivity index (χ0) is 17.2. The third-order valence-corrected chi connectivity index (χ3v) is 5.12. The lowest BCUT2D eigenvalue weighted by Crippen LogP contribution is -2.16. The fourth-order valence-corrected chi connectivity index (χ4v) is 3.49. The van der Waals surface area contributed by atoms with Gasteiger partial charge in [-0.05, 0) is 35.9 Å². The highest BCUT2D eigenvalue weighted by Crippen LogP contribution is 2.20. The third kappa shape index (κ3) is 3.47. The number of aromatic nitrogens is 3. The van der Waals surface area contributed by atoms with Crippen LogP contribution in [0.15, 0.2) is 64.7 Å². The van der Waals surface area contributed by atoms with E-state index in [-0.39, 0.29) is 5.91 Å². The SMILES string of the molecule is O=C(Nc1ccnn1Cc1ccc(Br)cc1)c1ccc2ncsc2c1. The number of carbonyl (C=O) groups is 1. The Morgan fingerprint density at radius 2 is 2.00 bits per heavy atom. The highest BCUT2D eigenvalue weighted by molar-refractivity contribution is 9.10. The van der Waals surface area contributed by atoms with E-state index in [2.05, 4.69) is 31.3 Å². The summed E-state index contributed by atoms with van der Waals surface area (Å²) in [6.45, 7) is 0.587. The molecule has 7 heteroatoms. The molecule has 0 aliphatic heterocycles. The number of hydrogen-bond donors (Lipinski definition) is 1. The monoisotopic (exact) mass is 412 g/mol. The van der Waals surface area contributed by atoms with Gasteiger partial charge in [0.1, 0.15) is 5.82 Å². The molecule has 0 atom stereocenters. The van der Waals surface area contributed by atoms with Gasteiger partial charge in [-0.15, -0.1) is 11.3 Å². The van der Waals surface area contributed by atoms with E-state index in [4.69, 9.17) is 0 Å². The molecule has 25 heavy (non-hydrogen) atoms. The lowest BCUT2D eigenvalue weighted by molar-refractivity contribution is 0.102. The van der Waals surface area contributed by atoms with Gasteiger partial charge in [0.05, 0.1) is 28.5 Å². The summed E-state index contributed by atoms with van der Waals surface area (Å²) in [6.07, 6.45) is 1.68. The van der Waals surface area contributed by atoms with Crippen LogP contribution in [0.1, 0.15) is 15.9 Å². The zero-order valence-electron chi connectivity index (χ0n) is 13.0. The summed E-state index contributed by atoms with van der Waals surface area (Å²) in [4.78, 5) is 16.8. The molecule has 1 N–H and O–H groups in total. The van der Waals surface area contributed by atoms with E-state index < -0.39 is 0 Å². The first-order chi connectivity index (χ1) is 12.2. The molecule has 1 amide bonds. The number of anilines is 1. The van der Waals surface area contributed by atoms with E-state index in [0.717, 1.165) is 20.3 Å². The molecule has 0 fully saturated rings. The number of benzene rings is 2. The van der Waals surface area contributed by atoms with E-state index >= 15 is 0 Å². The second kappa shape index (κ2) is 6.78. The first-order valence-electron chi connectivity index (χ1n) is 7.60. The summed E-state index contributed by atoms with van der Waals surface area (Å²) >= 11 is 4.95. The topological polar surface area (TPSA) is 59.8 Å². The molecule has 2 aromatic heterocycles. The molecule has 0 bridgehead atoms. The van der Waals surface area contributed by atoms with Gasteiger partial charge in [0.25, 0.3) is 5.91 Å². The van der Waals surface area contributed by atoms with E-state index in [1.807, 2.05) is 36.4 Å². The Hall–Kier alpha value is -2.51. The van der Waals surface area contributed by atoms with Crippen LogP contribution in [0.5, 0.6) is 0 Å². The molecule has 4 rings (SSSR count). The highest BCUT2D eigenvalue weighted by atomic mass is 79.9. The Morgan fingerprint density at radius 1 is 1.16 bits per heavy atom. The van der Waals surface area contributed by atoms with Gasteiger partial charge < -0.3 is 5.32 Å². The first-order valence-corrected chi connectivity index (χ1v) is 9.27. The van der Waals surface area contributed by atoms with E-state index in [9.17, 15) is 4.79 Å². The highest BCUT2D eigenvalue weighted by Gasteiger charge is 2.11. The summed E-state index contributed by atoms with van der Waals surface area (Å²) in [6, 6.07) is 15.3. The predicted molar refractivity (Wildman–Crippen MR) is 103 cm³/mol. The molecule has 2 aromatic carbocycles. The van der Waals surface area contributed by atoms with Gasteiger partial charge >= 0.3 is 0 Å². The Bertz CT molecular complexity index is 1040. The predicted octanol–water partition coefficient (Wildman–Crippen LogP) is 4.56. The maximum atomic E-state index is 12.6. The van der Waals surface area contributed by atoms with Crippen LogP contribution in [0.25, 0.3) is 10.2 Å². The number of carbonyl (C=O) groups excluding carboxylic acids is 1. The summed E-state index contributed by atoms with van der Waals surface area (Å²) in [5.41, 5.74) is 4.39. The summed E-state index contributed by atoms with van der Waals surface area (Å²) < 4.78 is 3.80. The van der Waals surface area contributed by atoms with Crippen molar-refractivity contribution in [1.29, 1.82) is 0 Å².